The number of hydrogen-bond acceptors (Lipinski definition) is 3. The standard InChI is InChI=1S/C9H13N3O2.BrH/c1-14-7-3-2-6(8(13)4-7)5-12-9(10)11;/h2-4,13H,5H2,1H3,(H4,10,11,12);1H. The fourth-order valence-electron chi connectivity index (χ4n) is 0.981. The fourth-order valence-corrected chi connectivity index (χ4v) is 0.981. The van der Waals surface area contributed by atoms with Crippen molar-refractivity contribution >= 4 is 22.9 Å². The van der Waals surface area contributed by atoms with Crippen LogP contribution < -0.4 is 16.2 Å². The molecule has 5 N–H and O–H groups in total. The topological polar surface area (TPSA) is 93.9 Å². The fraction of sp³-hybridized carbons (Fsp3) is 0.222. The highest BCUT2D eigenvalue weighted by molar-refractivity contribution is 8.93. The summed E-state index contributed by atoms with van der Waals surface area (Å²) in [5, 5.41) is 9.50. The largest absolute Gasteiger partial charge is 0.507 e. The Labute approximate surface area is 98.5 Å². The van der Waals surface area contributed by atoms with E-state index in [1.807, 2.05) is 0 Å². The molecule has 0 spiro atoms. The van der Waals surface area contributed by atoms with E-state index in [2.05, 4.69) is 4.99 Å². The first-order chi connectivity index (χ1) is 6.63. The van der Waals surface area contributed by atoms with Crippen molar-refractivity contribution < 1.29 is 9.84 Å². The van der Waals surface area contributed by atoms with Gasteiger partial charge in [-0.15, -0.1) is 17.0 Å². The molecule has 6 heteroatoms. The van der Waals surface area contributed by atoms with Crippen molar-refractivity contribution in [2.45, 2.75) is 6.54 Å². The third-order valence-electron chi connectivity index (χ3n) is 1.72. The van der Waals surface area contributed by atoms with Crippen molar-refractivity contribution in [1.82, 2.24) is 0 Å². The van der Waals surface area contributed by atoms with Crippen molar-refractivity contribution in [3.8, 4) is 11.5 Å². The number of ether oxygens (including phenoxy) is 1. The van der Waals surface area contributed by atoms with Crippen molar-refractivity contribution in [3.63, 3.8) is 0 Å². The molecular weight excluding hydrogens is 262 g/mol. The molecule has 0 bridgehead atoms. The van der Waals surface area contributed by atoms with E-state index < -0.39 is 0 Å². The lowest BCUT2D eigenvalue weighted by Crippen LogP contribution is -2.22. The van der Waals surface area contributed by atoms with E-state index >= 15 is 0 Å². The van der Waals surface area contributed by atoms with Gasteiger partial charge in [-0.25, -0.2) is 4.99 Å². The molecule has 0 atom stereocenters. The Bertz CT molecular complexity index is 351. The number of nitrogens with zero attached hydrogens (tertiary/aromatic N) is 1. The molecule has 0 unspecified atom stereocenters. The summed E-state index contributed by atoms with van der Waals surface area (Å²) < 4.78 is 4.93. The number of nitrogens with two attached hydrogens (primary N) is 2. The number of hydrogen-bond donors (Lipinski definition) is 3. The summed E-state index contributed by atoms with van der Waals surface area (Å²) in [5.41, 5.74) is 11.0. The minimum Gasteiger partial charge on any atom is -0.507 e. The molecule has 0 radical (unpaired) electrons. The molecule has 0 aliphatic carbocycles. The molecule has 1 aromatic rings. The first kappa shape index (κ1) is 13.6. The van der Waals surface area contributed by atoms with Crippen LogP contribution in [0.25, 0.3) is 0 Å². The van der Waals surface area contributed by atoms with E-state index in [1.165, 1.54) is 13.2 Å². The van der Waals surface area contributed by atoms with Crippen LogP contribution in [0.4, 0.5) is 0 Å². The third-order valence-corrected chi connectivity index (χ3v) is 1.72. The maximum atomic E-state index is 9.50. The van der Waals surface area contributed by atoms with E-state index in [9.17, 15) is 5.11 Å². The normalized spacial score (nSPS) is 8.87. The van der Waals surface area contributed by atoms with Crippen molar-refractivity contribution in [1.29, 1.82) is 0 Å². The monoisotopic (exact) mass is 275 g/mol. The zero-order valence-electron chi connectivity index (χ0n) is 8.30. The van der Waals surface area contributed by atoms with Crippen LogP contribution in [0.3, 0.4) is 0 Å². The molecule has 0 aliphatic heterocycles. The Morgan fingerprint density at radius 3 is 2.60 bits per heavy atom. The number of halogens is 1. The Hall–Kier alpha value is -1.43. The summed E-state index contributed by atoms with van der Waals surface area (Å²) >= 11 is 0. The van der Waals surface area contributed by atoms with Crippen molar-refractivity contribution in [3.05, 3.63) is 23.8 Å². The van der Waals surface area contributed by atoms with Gasteiger partial charge in [-0.2, -0.15) is 0 Å². The summed E-state index contributed by atoms with van der Waals surface area (Å²) in [6.07, 6.45) is 0. The van der Waals surface area contributed by atoms with Crippen molar-refractivity contribution in [2.24, 2.45) is 16.5 Å². The van der Waals surface area contributed by atoms with E-state index in [0.29, 0.717) is 11.3 Å². The second kappa shape index (κ2) is 6.13. The number of phenolic OH excluding ortho intramolecular Hbond substituents is 1. The molecule has 0 amide bonds. The molecule has 0 aromatic heterocycles. The zero-order chi connectivity index (χ0) is 10.6. The highest BCUT2D eigenvalue weighted by Crippen LogP contribution is 2.23. The average Bonchev–Trinajstić information content (AvgIpc) is 2.15. The van der Waals surface area contributed by atoms with Crippen LogP contribution in [-0.4, -0.2) is 18.2 Å². The van der Waals surface area contributed by atoms with Crippen LogP contribution in [0.15, 0.2) is 23.2 Å². The molecular formula is C9H14BrN3O2. The molecule has 0 aliphatic rings. The number of methoxy groups -OCH3 is 1. The molecule has 84 valence electrons. The van der Waals surface area contributed by atoms with Crippen LogP contribution in [0.2, 0.25) is 0 Å². The predicted molar refractivity (Wildman–Crippen MR) is 64.5 cm³/mol. The van der Waals surface area contributed by atoms with Gasteiger partial charge in [0.1, 0.15) is 11.5 Å². The van der Waals surface area contributed by atoms with Crippen LogP contribution in [0, 0.1) is 0 Å². The van der Waals surface area contributed by atoms with Gasteiger partial charge in [0.2, 0.25) is 0 Å². The van der Waals surface area contributed by atoms with Gasteiger partial charge in [-0.05, 0) is 12.1 Å². The predicted octanol–water partition coefficient (Wildman–Crippen LogP) is 0.752. The summed E-state index contributed by atoms with van der Waals surface area (Å²) in [6.45, 7) is 0.262. The van der Waals surface area contributed by atoms with Crippen LogP contribution >= 0.6 is 17.0 Å². The number of rotatable bonds is 3. The lowest BCUT2D eigenvalue weighted by Gasteiger charge is -2.04. The molecule has 5 nitrogen and oxygen atoms in total. The van der Waals surface area contributed by atoms with Crippen molar-refractivity contribution in [2.75, 3.05) is 7.11 Å². The van der Waals surface area contributed by atoms with E-state index in [1.54, 1.807) is 12.1 Å². The number of guanidine groups is 1. The first-order valence-electron chi connectivity index (χ1n) is 4.04. The van der Waals surface area contributed by atoms with Gasteiger partial charge < -0.3 is 21.3 Å². The number of aromatic hydroxyl groups is 1. The number of phenols is 1. The van der Waals surface area contributed by atoms with E-state index in [-0.39, 0.29) is 35.2 Å². The third kappa shape index (κ3) is 4.07. The Balaban J connectivity index is 0.00000196. The summed E-state index contributed by atoms with van der Waals surface area (Å²) in [7, 11) is 1.53. The van der Waals surface area contributed by atoms with Crippen LogP contribution in [-0.2, 0) is 6.54 Å². The SMILES string of the molecule is Br.COc1ccc(CN=C(N)N)c(O)c1. The lowest BCUT2D eigenvalue weighted by molar-refractivity contribution is 0.406. The quantitative estimate of drug-likeness (QED) is 0.561. The van der Waals surface area contributed by atoms with Gasteiger partial charge in [0.05, 0.1) is 13.7 Å². The van der Waals surface area contributed by atoms with Gasteiger partial charge >= 0.3 is 0 Å². The minimum atomic E-state index is 0. The lowest BCUT2D eigenvalue weighted by atomic mass is 10.2. The molecule has 0 heterocycles. The molecule has 1 aromatic carbocycles. The summed E-state index contributed by atoms with van der Waals surface area (Å²) in [6, 6.07) is 4.95. The number of benzene rings is 1. The van der Waals surface area contributed by atoms with Gasteiger partial charge in [-0.1, -0.05) is 0 Å². The molecule has 1 rings (SSSR count). The summed E-state index contributed by atoms with van der Waals surface area (Å²) in [5.74, 6) is 0.713. The van der Waals surface area contributed by atoms with E-state index in [4.69, 9.17) is 16.2 Å². The second-order valence-corrected chi connectivity index (χ2v) is 2.74. The van der Waals surface area contributed by atoms with Crippen LogP contribution in [0.1, 0.15) is 5.56 Å². The van der Waals surface area contributed by atoms with Gasteiger partial charge in [0.25, 0.3) is 0 Å². The highest BCUT2D eigenvalue weighted by Gasteiger charge is 2.01. The van der Waals surface area contributed by atoms with Gasteiger partial charge in [0.15, 0.2) is 5.96 Å². The molecule has 0 saturated carbocycles. The maximum Gasteiger partial charge on any atom is 0.186 e. The smallest absolute Gasteiger partial charge is 0.186 e. The second-order valence-electron chi connectivity index (χ2n) is 2.74. The maximum absolute atomic E-state index is 9.50. The Morgan fingerprint density at radius 1 is 1.47 bits per heavy atom. The van der Waals surface area contributed by atoms with Gasteiger partial charge in [-0.3, -0.25) is 0 Å². The average molecular weight is 276 g/mol. The highest BCUT2D eigenvalue weighted by atomic mass is 79.9. The van der Waals surface area contributed by atoms with E-state index in [0.717, 1.165) is 0 Å². The van der Waals surface area contributed by atoms with Crippen LogP contribution in [0.5, 0.6) is 11.5 Å². The first-order valence-corrected chi connectivity index (χ1v) is 4.04. The van der Waals surface area contributed by atoms with Gasteiger partial charge in [0, 0.05) is 11.6 Å². The Morgan fingerprint density at radius 2 is 2.13 bits per heavy atom. The summed E-state index contributed by atoms with van der Waals surface area (Å²) in [4.78, 5) is 3.78. The zero-order valence-corrected chi connectivity index (χ0v) is 10.0. The molecule has 0 fully saturated rings. The number of aliphatic imine (C=N–C) groups is 1. The Kier molecular flexibility index (Phi) is 5.54. The minimum absolute atomic E-state index is 0. The molecule has 0 saturated heterocycles. The molecule has 15 heavy (non-hydrogen) atoms.